The Labute approximate surface area is 114 Å². The molecule has 2 aromatic heterocycles. The largest absolute Gasteiger partial charge is 0.469 e. The summed E-state index contributed by atoms with van der Waals surface area (Å²) in [6.45, 7) is 4.37. The van der Waals surface area contributed by atoms with Gasteiger partial charge < -0.3 is 9.73 Å². The summed E-state index contributed by atoms with van der Waals surface area (Å²) in [6.07, 6.45) is 2.64. The molecule has 2 aromatic rings. The van der Waals surface area contributed by atoms with Gasteiger partial charge in [-0.05, 0) is 54.0 Å². The van der Waals surface area contributed by atoms with E-state index in [2.05, 4.69) is 47.2 Å². The van der Waals surface area contributed by atoms with Gasteiger partial charge in [0.1, 0.15) is 5.76 Å². The molecule has 2 nitrogen and oxygen atoms in total. The first-order valence-electron chi connectivity index (χ1n) is 5.69. The zero-order valence-electron chi connectivity index (χ0n) is 9.94. The molecular formula is C13H16BrNOS. The van der Waals surface area contributed by atoms with Gasteiger partial charge in [-0.25, -0.2) is 0 Å². The summed E-state index contributed by atoms with van der Waals surface area (Å²) in [5.41, 5.74) is 0. The molecule has 4 heteroatoms. The highest BCUT2D eigenvalue weighted by molar-refractivity contribution is 9.11. The monoisotopic (exact) mass is 313 g/mol. The summed E-state index contributed by atoms with van der Waals surface area (Å²) in [5, 5.41) is 3.58. The molecule has 0 aliphatic rings. The molecule has 2 rings (SSSR count). The van der Waals surface area contributed by atoms with Crippen molar-refractivity contribution in [3.8, 4) is 0 Å². The number of nitrogens with one attached hydrogen (secondary N) is 1. The van der Waals surface area contributed by atoms with Gasteiger partial charge in [0.25, 0.3) is 0 Å². The SMILES string of the molecule is CC(Cc1ccco1)NC(C)c1ccc(Br)s1. The molecule has 0 bridgehead atoms. The van der Waals surface area contributed by atoms with Crippen LogP contribution in [0.15, 0.2) is 38.7 Å². The summed E-state index contributed by atoms with van der Waals surface area (Å²) in [5.74, 6) is 1.03. The lowest BCUT2D eigenvalue weighted by Gasteiger charge is -2.18. The second-order valence-corrected chi connectivity index (χ2v) is 6.71. The normalized spacial score (nSPS) is 14.8. The van der Waals surface area contributed by atoms with Crippen LogP contribution in [-0.2, 0) is 6.42 Å². The molecule has 0 fully saturated rings. The maximum absolute atomic E-state index is 5.35. The molecule has 1 N–H and O–H groups in total. The fourth-order valence-electron chi connectivity index (χ4n) is 1.86. The van der Waals surface area contributed by atoms with Gasteiger partial charge in [0.2, 0.25) is 0 Å². The quantitative estimate of drug-likeness (QED) is 0.885. The van der Waals surface area contributed by atoms with Gasteiger partial charge in [0, 0.05) is 23.4 Å². The average Bonchev–Trinajstić information content (AvgIpc) is 2.89. The maximum atomic E-state index is 5.35. The number of hydrogen-bond donors (Lipinski definition) is 1. The molecule has 0 saturated heterocycles. The third-order valence-electron chi connectivity index (χ3n) is 2.64. The van der Waals surface area contributed by atoms with E-state index in [0.717, 1.165) is 12.2 Å². The van der Waals surface area contributed by atoms with Crippen LogP contribution >= 0.6 is 27.3 Å². The zero-order valence-corrected chi connectivity index (χ0v) is 12.3. The highest BCUT2D eigenvalue weighted by Crippen LogP contribution is 2.27. The predicted molar refractivity (Wildman–Crippen MR) is 75.4 cm³/mol. The fourth-order valence-corrected chi connectivity index (χ4v) is 3.29. The van der Waals surface area contributed by atoms with Crippen molar-refractivity contribution in [3.05, 3.63) is 45.0 Å². The van der Waals surface area contributed by atoms with Crippen LogP contribution in [-0.4, -0.2) is 6.04 Å². The Kier molecular flexibility index (Phi) is 4.42. The molecule has 2 unspecified atom stereocenters. The van der Waals surface area contributed by atoms with Crippen LogP contribution in [0.1, 0.15) is 30.5 Å². The van der Waals surface area contributed by atoms with E-state index >= 15 is 0 Å². The minimum Gasteiger partial charge on any atom is -0.469 e. The van der Waals surface area contributed by atoms with Crippen LogP contribution in [0.3, 0.4) is 0 Å². The van der Waals surface area contributed by atoms with Gasteiger partial charge in [0.05, 0.1) is 10.0 Å². The molecule has 17 heavy (non-hydrogen) atoms. The van der Waals surface area contributed by atoms with Crippen LogP contribution in [0.4, 0.5) is 0 Å². The molecule has 2 heterocycles. The molecule has 0 amide bonds. The Hall–Kier alpha value is -0.580. The molecular weight excluding hydrogens is 298 g/mol. The van der Waals surface area contributed by atoms with Crippen LogP contribution in [0.2, 0.25) is 0 Å². The minimum atomic E-state index is 0.372. The minimum absolute atomic E-state index is 0.372. The number of furan rings is 1. The van der Waals surface area contributed by atoms with Crippen molar-refractivity contribution in [3.63, 3.8) is 0 Å². The van der Waals surface area contributed by atoms with Gasteiger partial charge in [-0.15, -0.1) is 11.3 Å². The standard InChI is InChI=1S/C13H16BrNOS/c1-9(8-11-4-3-7-16-11)15-10(2)12-5-6-13(14)17-12/h3-7,9-10,15H,8H2,1-2H3. The molecule has 0 aromatic carbocycles. The number of rotatable bonds is 5. The summed E-state index contributed by atoms with van der Waals surface area (Å²) in [6, 6.07) is 8.97. The molecule has 2 atom stereocenters. The lowest BCUT2D eigenvalue weighted by Crippen LogP contribution is -2.30. The van der Waals surface area contributed by atoms with Crippen molar-refractivity contribution in [2.45, 2.75) is 32.4 Å². The van der Waals surface area contributed by atoms with Crippen molar-refractivity contribution in [2.75, 3.05) is 0 Å². The van der Waals surface area contributed by atoms with Gasteiger partial charge in [-0.2, -0.15) is 0 Å². The third kappa shape index (κ3) is 3.69. The van der Waals surface area contributed by atoms with Crippen LogP contribution in [0, 0.1) is 0 Å². The van der Waals surface area contributed by atoms with Gasteiger partial charge >= 0.3 is 0 Å². The van der Waals surface area contributed by atoms with E-state index in [-0.39, 0.29) is 0 Å². The Morgan fingerprint density at radius 1 is 1.35 bits per heavy atom. The van der Waals surface area contributed by atoms with E-state index in [4.69, 9.17) is 4.42 Å². The first kappa shape index (κ1) is 12.9. The Balaban J connectivity index is 1.88. The molecule has 0 spiro atoms. The highest BCUT2D eigenvalue weighted by atomic mass is 79.9. The maximum Gasteiger partial charge on any atom is 0.105 e. The van der Waals surface area contributed by atoms with E-state index in [1.54, 1.807) is 17.6 Å². The van der Waals surface area contributed by atoms with E-state index in [9.17, 15) is 0 Å². The Morgan fingerprint density at radius 3 is 2.76 bits per heavy atom. The zero-order chi connectivity index (χ0) is 12.3. The Bertz CT molecular complexity index is 452. The number of halogens is 1. The van der Waals surface area contributed by atoms with E-state index < -0.39 is 0 Å². The topological polar surface area (TPSA) is 25.2 Å². The first-order chi connectivity index (χ1) is 8.15. The van der Waals surface area contributed by atoms with Crippen molar-refractivity contribution in [1.82, 2.24) is 5.32 Å². The lowest BCUT2D eigenvalue weighted by molar-refractivity contribution is 0.431. The van der Waals surface area contributed by atoms with Crippen molar-refractivity contribution in [2.24, 2.45) is 0 Å². The molecule has 0 radical (unpaired) electrons. The molecule has 0 aliphatic carbocycles. The predicted octanol–water partition coefficient (Wildman–Crippen LogP) is 4.39. The molecule has 0 aliphatic heterocycles. The van der Waals surface area contributed by atoms with Crippen molar-refractivity contribution in [1.29, 1.82) is 0 Å². The summed E-state index contributed by atoms with van der Waals surface area (Å²) in [7, 11) is 0. The summed E-state index contributed by atoms with van der Waals surface area (Å²) >= 11 is 5.27. The smallest absolute Gasteiger partial charge is 0.105 e. The number of thiophene rings is 1. The highest BCUT2D eigenvalue weighted by Gasteiger charge is 2.12. The van der Waals surface area contributed by atoms with E-state index in [1.807, 2.05) is 12.1 Å². The lowest BCUT2D eigenvalue weighted by atomic mass is 10.1. The molecule has 0 saturated carbocycles. The van der Waals surface area contributed by atoms with Crippen molar-refractivity contribution < 1.29 is 4.42 Å². The second-order valence-electron chi connectivity index (χ2n) is 4.21. The summed E-state index contributed by atoms with van der Waals surface area (Å²) in [4.78, 5) is 1.35. The van der Waals surface area contributed by atoms with E-state index in [1.165, 1.54) is 8.66 Å². The van der Waals surface area contributed by atoms with Crippen LogP contribution in [0.5, 0.6) is 0 Å². The van der Waals surface area contributed by atoms with Crippen molar-refractivity contribution >= 4 is 27.3 Å². The second kappa shape index (κ2) is 5.85. The van der Waals surface area contributed by atoms with Gasteiger partial charge in [0.15, 0.2) is 0 Å². The Morgan fingerprint density at radius 2 is 2.18 bits per heavy atom. The fraction of sp³-hybridized carbons (Fsp3) is 0.385. The average molecular weight is 314 g/mol. The third-order valence-corrected chi connectivity index (χ3v) is 4.45. The summed E-state index contributed by atoms with van der Waals surface area (Å²) < 4.78 is 6.53. The van der Waals surface area contributed by atoms with Gasteiger partial charge in [-0.1, -0.05) is 0 Å². The van der Waals surface area contributed by atoms with E-state index in [0.29, 0.717) is 12.1 Å². The van der Waals surface area contributed by atoms with Crippen LogP contribution < -0.4 is 5.32 Å². The first-order valence-corrected chi connectivity index (χ1v) is 7.30. The number of hydrogen-bond acceptors (Lipinski definition) is 3. The van der Waals surface area contributed by atoms with Gasteiger partial charge in [-0.3, -0.25) is 0 Å². The molecule has 92 valence electrons. The van der Waals surface area contributed by atoms with Crippen LogP contribution in [0.25, 0.3) is 0 Å².